The van der Waals surface area contributed by atoms with Crippen LogP contribution in [0.3, 0.4) is 0 Å². The van der Waals surface area contributed by atoms with Crippen LogP contribution in [0, 0.1) is 6.92 Å². The molecule has 5 heteroatoms. The summed E-state index contributed by atoms with van der Waals surface area (Å²) in [5, 5.41) is 8.21. The molecule has 2 aromatic heterocycles. The topological polar surface area (TPSA) is 56.7 Å². The fourth-order valence-corrected chi connectivity index (χ4v) is 1.86. The summed E-state index contributed by atoms with van der Waals surface area (Å²) >= 11 is 0. The predicted octanol–water partition coefficient (Wildman–Crippen LogP) is 2.48. The molecule has 3 rings (SSSR count). The first-order valence-corrected chi connectivity index (χ1v) is 6.18. The van der Waals surface area contributed by atoms with E-state index in [9.17, 15) is 0 Å². The summed E-state index contributed by atoms with van der Waals surface area (Å²) < 4.78 is 7.12. The van der Waals surface area contributed by atoms with Gasteiger partial charge < -0.3 is 4.52 Å². The van der Waals surface area contributed by atoms with Crippen molar-refractivity contribution in [3.8, 4) is 11.4 Å². The third-order valence-corrected chi connectivity index (χ3v) is 2.82. The van der Waals surface area contributed by atoms with Gasteiger partial charge in [0.05, 0.1) is 6.20 Å². The molecule has 0 spiro atoms. The molecular formula is C14H14N4O. The zero-order chi connectivity index (χ0) is 13.1. The minimum atomic E-state index is 0.631. The largest absolute Gasteiger partial charge is 0.339 e. The Morgan fingerprint density at radius 2 is 2.05 bits per heavy atom. The van der Waals surface area contributed by atoms with E-state index in [0.717, 1.165) is 17.7 Å². The van der Waals surface area contributed by atoms with E-state index in [4.69, 9.17) is 4.52 Å². The van der Waals surface area contributed by atoms with E-state index in [-0.39, 0.29) is 0 Å². The van der Waals surface area contributed by atoms with Gasteiger partial charge in [0, 0.05) is 24.7 Å². The first-order valence-electron chi connectivity index (χ1n) is 6.18. The highest BCUT2D eigenvalue weighted by molar-refractivity contribution is 5.53. The molecule has 0 unspecified atom stereocenters. The SMILES string of the molecule is Cc1cnn(CCc2nc(-c3ccccc3)no2)c1. The van der Waals surface area contributed by atoms with Gasteiger partial charge in [-0.3, -0.25) is 4.68 Å². The first kappa shape index (κ1) is 11.6. The lowest BCUT2D eigenvalue weighted by Gasteiger charge is -1.96. The normalized spacial score (nSPS) is 10.8. The first-order chi connectivity index (χ1) is 9.31. The number of rotatable bonds is 4. The molecule has 1 aromatic carbocycles. The number of nitrogens with zero attached hydrogens (tertiary/aromatic N) is 4. The summed E-state index contributed by atoms with van der Waals surface area (Å²) in [7, 11) is 0. The monoisotopic (exact) mass is 254 g/mol. The van der Waals surface area contributed by atoms with Crippen LogP contribution < -0.4 is 0 Å². The number of aryl methyl sites for hydroxylation is 3. The van der Waals surface area contributed by atoms with Crippen LogP contribution in [0.15, 0.2) is 47.2 Å². The Labute approximate surface area is 110 Å². The fraction of sp³-hybridized carbons (Fsp3) is 0.214. The van der Waals surface area contributed by atoms with Crippen LogP contribution in [-0.2, 0) is 13.0 Å². The second kappa shape index (κ2) is 5.06. The Bertz CT molecular complexity index is 657. The Kier molecular flexibility index (Phi) is 3.10. The van der Waals surface area contributed by atoms with Gasteiger partial charge in [-0.1, -0.05) is 35.5 Å². The van der Waals surface area contributed by atoms with Crippen LogP contribution in [0.2, 0.25) is 0 Å². The van der Waals surface area contributed by atoms with Crippen LogP contribution in [0.4, 0.5) is 0 Å². The molecule has 0 saturated carbocycles. The average Bonchev–Trinajstić information content (AvgIpc) is 3.06. The Morgan fingerprint density at radius 3 is 2.79 bits per heavy atom. The van der Waals surface area contributed by atoms with E-state index in [2.05, 4.69) is 15.2 Å². The van der Waals surface area contributed by atoms with Crippen LogP contribution in [0.1, 0.15) is 11.5 Å². The lowest BCUT2D eigenvalue weighted by molar-refractivity contribution is 0.369. The lowest BCUT2D eigenvalue weighted by Crippen LogP contribution is -2.01. The van der Waals surface area contributed by atoms with Gasteiger partial charge in [-0.25, -0.2) is 0 Å². The second-order valence-corrected chi connectivity index (χ2v) is 4.41. The van der Waals surface area contributed by atoms with Gasteiger partial charge in [0.2, 0.25) is 11.7 Å². The van der Waals surface area contributed by atoms with E-state index >= 15 is 0 Å². The van der Waals surface area contributed by atoms with Crippen molar-refractivity contribution in [2.24, 2.45) is 0 Å². The van der Waals surface area contributed by atoms with Gasteiger partial charge in [0.15, 0.2) is 0 Å². The summed E-state index contributed by atoms with van der Waals surface area (Å²) in [6.45, 7) is 2.76. The van der Waals surface area contributed by atoms with Crippen molar-refractivity contribution < 1.29 is 4.52 Å². The molecule has 0 fully saturated rings. The van der Waals surface area contributed by atoms with E-state index < -0.39 is 0 Å². The van der Waals surface area contributed by atoms with Crippen LogP contribution >= 0.6 is 0 Å². The number of hydrogen-bond acceptors (Lipinski definition) is 4. The molecule has 0 saturated heterocycles. The molecule has 0 N–H and O–H groups in total. The average molecular weight is 254 g/mol. The van der Waals surface area contributed by atoms with Crippen LogP contribution in [0.5, 0.6) is 0 Å². The van der Waals surface area contributed by atoms with Gasteiger partial charge in [-0.2, -0.15) is 10.1 Å². The van der Waals surface area contributed by atoms with Crippen LogP contribution in [-0.4, -0.2) is 19.9 Å². The minimum Gasteiger partial charge on any atom is -0.339 e. The van der Waals surface area contributed by atoms with E-state index in [1.54, 1.807) is 0 Å². The molecule has 0 radical (unpaired) electrons. The number of benzene rings is 1. The highest BCUT2D eigenvalue weighted by Gasteiger charge is 2.08. The molecule has 3 aromatic rings. The zero-order valence-electron chi connectivity index (χ0n) is 10.7. The van der Waals surface area contributed by atoms with Gasteiger partial charge in [0.1, 0.15) is 0 Å². The molecule has 19 heavy (non-hydrogen) atoms. The molecule has 0 aliphatic heterocycles. The summed E-state index contributed by atoms with van der Waals surface area (Å²) in [4.78, 5) is 4.38. The molecule has 0 aliphatic carbocycles. The van der Waals surface area contributed by atoms with E-state index in [0.29, 0.717) is 18.1 Å². The third-order valence-electron chi connectivity index (χ3n) is 2.82. The summed E-state index contributed by atoms with van der Waals surface area (Å²) in [5.74, 6) is 1.26. The van der Waals surface area contributed by atoms with E-state index in [1.807, 2.05) is 54.3 Å². The molecule has 0 aliphatic rings. The minimum absolute atomic E-state index is 0.631. The summed E-state index contributed by atoms with van der Waals surface area (Å²) in [5.41, 5.74) is 2.11. The van der Waals surface area contributed by atoms with Gasteiger partial charge in [-0.15, -0.1) is 0 Å². The highest BCUT2D eigenvalue weighted by atomic mass is 16.5. The molecule has 5 nitrogen and oxygen atoms in total. The predicted molar refractivity (Wildman–Crippen MR) is 70.4 cm³/mol. The van der Waals surface area contributed by atoms with Crippen molar-refractivity contribution in [1.29, 1.82) is 0 Å². The maximum atomic E-state index is 5.25. The van der Waals surface area contributed by atoms with Crippen molar-refractivity contribution in [2.45, 2.75) is 19.9 Å². The summed E-state index contributed by atoms with van der Waals surface area (Å²) in [6.07, 6.45) is 4.51. The van der Waals surface area contributed by atoms with E-state index in [1.165, 1.54) is 0 Å². The summed E-state index contributed by atoms with van der Waals surface area (Å²) in [6, 6.07) is 9.80. The fourth-order valence-electron chi connectivity index (χ4n) is 1.86. The third kappa shape index (κ3) is 2.70. The molecule has 0 bridgehead atoms. The lowest BCUT2D eigenvalue weighted by atomic mass is 10.2. The van der Waals surface area contributed by atoms with Crippen molar-refractivity contribution in [3.63, 3.8) is 0 Å². The molecule has 0 amide bonds. The highest BCUT2D eigenvalue weighted by Crippen LogP contribution is 2.15. The Balaban J connectivity index is 1.68. The van der Waals surface area contributed by atoms with Gasteiger partial charge in [0.25, 0.3) is 0 Å². The zero-order valence-corrected chi connectivity index (χ0v) is 10.7. The standard InChI is InChI=1S/C14H14N4O/c1-11-9-15-18(10-11)8-7-13-16-14(17-19-13)12-5-3-2-4-6-12/h2-6,9-10H,7-8H2,1H3. The maximum absolute atomic E-state index is 5.25. The Morgan fingerprint density at radius 1 is 1.21 bits per heavy atom. The van der Waals surface area contributed by atoms with Crippen molar-refractivity contribution in [3.05, 3.63) is 54.2 Å². The smallest absolute Gasteiger partial charge is 0.228 e. The quantitative estimate of drug-likeness (QED) is 0.717. The molecular weight excluding hydrogens is 240 g/mol. The number of hydrogen-bond donors (Lipinski definition) is 0. The van der Waals surface area contributed by atoms with Crippen molar-refractivity contribution in [1.82, 2.24) is 19.9 Å². The van der Waals surface area contributed by atoms with Crippen LogP contribution in [0.25, 0.3) is 11.4 Å². The van der Waals surface area contributed by atoms with Crippen molar-refractivity contribution >= 4 is 0 Å². The van der Waals surface area contributed by atoms with Crippen molar-refractivity contribution in [2.75, 3.05) is 0 Å². The maximum Gasteiger partial charge on any atom is 0.228 e. The second-order valence-electron chi connectivity index (χ2n) is 4.41. The molecule has 2 heterocycles. The van der Waals surface area contributed by atoms with Gasteiger partial charge in [-0.05, 0) is 12.5 Å². The molecule has 96 valence electrons. The Hall–Kier alpha value is -2.43. The molecule has 0 atom stereocenters. The van der Waals surface area contributed by atoms with Gasteiger partial charge >= 0.3 is 0 Å². The number of aromatic nitrogens is 4.